The summed E-state index contributed by atoms with van der Waals surface area (Å²) >= 11 is 0. The number of carbonyl (C=O) groups is 1. The van der Waals surface area contributed by atoms with E-state index in [4.69, 9.17) is 4.74 Å². The molecular weight excluding hydrogens is 188 g/mol. The number of Topliss-reactive ketones (excluding diaryl/α,β-unsaturated/α-hetero) is 1. The summed E-state index contributed by atoms with van der Waals surface area (Å²) in [5, 5.41) is 0. The first kappa shape index (κ1) is 11.8. The van der Waals surface area contributed by atoms with Gasteiger partial charge in [0.15, 0.2) is 5.60 Å². The number of aryl methyl sites for hydroxylation is 1. The van der Waals surface area contributed by atoms with Crippen molar-refractivity contribution in [2.75, 3.05) is 0 Å². The number of benzene rings is 1. The van der Waals surface area contributed by atoms with Crippen molar-refractivity contribution in [3.05, 3.63) is 29.3 Å². The standard InChI is InChI=1S/C11H12O2.C2H6/c1-7-4-5-9-8(6-7)10(12)11(2,3)13-9;1-2/h4-6H,1-3H3;1-2H3. The van der Waals surface area contributed by atoms with Gasteiger partial charge in [-0.15, -0.1) is 0 Å². The fraction of sp³-hybridized carbons (Fsp3) is 0.462. The highest BCUT2D eigenvalue weighted by atomic mass is 16.5. The molecule has 0 aromatic heterocycles. The van der Waals surface area contributed by atoms with E-state index < -0.39 is 5.60 Å². The Labute approximate surface area is 91.3 Å². The number of hydrogen-bond acceptors (Lipinski definition) is 2. The minimum absolute atomic E-state index is 0.0752. The van der Waals surface area contributed by atoms with Crippen molar-refractivity contribution < 1.29 is 9.53 Å². The summed E-state index contributed by atoms with van der Waals surface area (Å²) in [5.41, 5.74) is 1.12. The van der Waals surface area contributed by atoms with Crippen molar-refractivity contribution in [2.24, 2.45) is 0 Å². The van der Waals surface area contributed by atoms with E-state index in [0.717, 1.165) is 5.56 Å². The fourth-order valence-electron chi connectivity index (χ4n) is 1.56. The highest BCUT2D eigenvalue weighted by molar-refractivity contribution is 6.07. The Balaban J connectivity index is 0.000000531. The predicted molar refractivity (Wildman–Crippen MR) is 61.6 cm³/mol. The van der Waals surface area contributed by atoms with Crippen LogP contribution in [0.3, 0.4) is 0 Å². The summed E-state index contributed by atoms with van der Waals surface area (Å²) < 4.78 is 5.51. The predicted octanol–water partition coefficient (Wildman–Crippen LogP) is 3.37. The zero-order valence-electron chi connectivity index (χ0n) is 10.0. The van der Waals surface area contributed by atoms with Crippen molar-refractivity contribution in [2.45, 2.75) is 40.2 Å². The lowest BCUT2D eigenvalue weighted by Crippen LogP contribution is -2.31. The molecule has 0 spiro atoms. The van der Waals surface area contributed by atoms with Gasteiger partial charge in [-0.2, -0.15) is 0 Å². The smallest absolute Gasteiger partial charge is 0.209 e. The minimum Gasteiger partial charge on any atom is -0.479 e. The molecule has 0 saturated carbocycles. The third kappa shape index (κ3) is 2.04. The lowest BCUT2D eigenvalue weighted by atomic mass is 9.99. The summed E-state index contributed by atoms with van der Waals surface area (Å²) in [7, 11) is 0. The minimum atomic E-state index is -0.684. The Morgan fingerprint density at radius 2 is 1.80 bits per heavy atom. The monoisotopic (exact) mass is 206 g/mol. The molecule has 15 heavy (non-hydrogen) atoms. The van der Waals surface area contributed by atoms with Crippen molar-refractivity contribution in [1.82, 2.24) is 0 Å². The maximum Gasteiger partial charge on any atom is 0.209 e. The van der Waals surface area contributed by atoms with Crippen LogP contribution in [0, 0.1) is 6.92 Å². The molecule has 0 aliphatic carbocycles. The second-order valence-electron chi connectivity index (χ2n) is 3.94. The zero-order chi connectivity index (χ0) is 11.6. The van der Waals surface area contributed by atoms with Crippen LogP contribution in [0.1, 0.15) is 43.6 Å². The maximum absolute atomic E-state index is 11.7. The van der Waals surface area contributed by atoms with Crippen LogP contribution in [-0.2, 0) is 0 Å². The molecule has 1 aromatic carbocycles. The van der Waals surface area contributed by atoms with Crippen LogP contribution in [0.5, 0.6) is 5.75 Å². The number of fused-ring (bicyclic) bond motifs is 1. The molecule has 0 bridgehead atoms. The average Bonchev–Trinajstić information content (AvgIpc) is 2.43. The molecule has 1 aliphatic rings. The summed E-state index contributed by atoms with van der Waals surface area (Å²) in [4.78, 5) is 11.7. The van der Waals surface area contributed by atoms with Gasteiger partial charge >= 0.3 is 0 Å². The van der Waals surface area contributed by atoms with E-state index in [1.807, 2.05) is 39.0 Å². The number of ketones is 1. The molecule has 0 amide bonds. The lowest BCUT2D eigenvalue weighted by molar-refractivity contribution is 0.0684. The van der Waals surface area contributed by atoms with E-state index in [2.05, 4.69) is 0 Å². The highest BCUT2D eigenvalue weighted by Gasteiger charge is 2.39. The molecule has 1 aromatic rings. The van der Waals surface area contributed by atoms with Crippen molar-refractivity contribution >= 4 is 5.78 Å². The Kier molecular flexibility index (Phi) is 3.18. The summed E-state index contributed by atoms with van der Waals surface area (Å²) in [6, 6.07) is 5.69. The Bertz CT molecular complexity index is 378. The van der Waals surface area contributed by atoms with E-state index in [-0.39, 0.29) is 5.78 Å². The van der Waals surface area contributed by atoms with Gasteiger partial charge in [0.2, 0.25) is 5.78 Å². The summed E-state index contributed by atoms with van der Waals surface area (Å²) in [6.07, 6.45) is 0. The summed E-state index contributed by atoms with van der Waals surface area (Å²) in [5.74, 6) is 0.784. The number of ether oxygens (including phenoxy) is 1. The molecule has 2 nitrogen and oxygen atoms in total. The van der Waals surface area contributed by atoms with Crippen LogP contribution < -0.4 is 4.74 Å². The summed E-state index contributed by atoms with van der Waals surface area (Å²) in [6.45, 7) is 9.56. The molecular formula is C13H18O2. The fourth-order valence-corrected chi connectivity index (χ4v) is 1.56. The third-order valence-electron chi connectivity index (χ3n) is 2.29. The Hall–Kier alpha value is -1.31. The van der Waals surface area contributed by atoms with Crippen LogP contribution in [0.15, 0.2) is 18.2 Å². The Morgan fingerprint density at radius 3 is 2.40 bits per heavy atom. The largest absolute Gasteiger partial charge is 0.479 e. The van der Waals surface area contributed by atoms with Gasteiger partial charge in [0.25, 0.3) is 0 Å². The average molecular weight is 206 g/mol. The van der Waals surface area contributed by atoms with Crippen molar-refractivity contribution in [3.8, 4) is 5.75 Å². The van der Waals surface area contributed by atoms with Gasteiger partial charge in [0, 0.05) is 0 Å². The van der Waals surface area contributed by atoms with Crippen LogP contribution in [0.2, 0.25) is 0 Å². The molecule has 1 aliphatic heterocycles. The number of hydrogen-bond donors (Lipinski definition) is 0. The first-order valence-corrected chi connectivity index (χ1v) is 5.35. The van der Waals surface area contributed by atoms with Gasteiger partial charge in [-0.3, -0.25) is 4.79 Å². The van der Waals surface area contributed by atoms with Crippen molar-refractivity contribution in [1.29, 1.82) is 0 Å². The lowest BCUT2D eigenvalue weighted by Gasteiger charge is -2.14. The van der Waals surface area contributed by atoms with Gasteiger partial charge in [0.1, 0.15) is 5.75 Å². The van der Waals surface area contributed by atoms with Gasteiger partial charge in [-0.25, -0.2) is 0 Å². The second kappa shape index (κ2) is 4.05. The third-order valence-corrected chi connectivity index (χ3v) is 2.29. The van der Waals surface area contributed by atoms with Crippen LogP contribution in [0.25, 0.3) is 0 Å². The van der Waals surface area contributed by atoms with Gasteiger partial charge in [-0.1, -0.05) is 25.5 Å². The number of carbonyl (C=O) groups excluding carboxylic acids is 1. The molecule has 2 heteroatoms. The van der Waals surface area contributed by atoms with E-state index in [0.29, 0.717) is 11.3 Å². The van der Waals surface area contributed by atoms with Crippen LogP contribution >= 0.6 is 0 Å². The van der Waals surface area contributed by atoms with E-state index in [1.165, 1.54) is 0 Å². The van der Waals surface area contributed by atoms with E-state index in [9.17, 15) is 4.79 Å². The van der Waals surface area contributed by atoms with Crippen LogP contribution in [0.4, 0.5) is 0 Å². The molecule has 0 saturated heterocycles. The SMILES string of the molecule is CC.Cc1ccc2c(c1)C(=O)C(C)(C)O2. The van der Waals surface area contributed by atoms with Crippen molar-refractivity contribution in [3.63, 3.8) is 0 Å². The molecule has 0 fully saturated rings. The van der Waals surface area contributed by atoms with Gasteiger partial charge < -0.3 is 4.74 Å². The normalized spacial score (nSPS) is 16.2. The first-order valence-electron chi connectivity index (χ1n) is 5.35. The Morgan fingerprint density at radius 1 is 1.20 bits per heavy atom. The molecule has 0 unspecified atom stereocenters. The second-order valence-corrected chi connectivity index (χ2v) is 3.94. The van der Waals surface area contributed by atoms with E-state index >= 15 is 0 Å². The van der Waals surface area contributed by atoms with E-state index in [1.54, 1.807) is 13.8 Å². The molecule has 82 valence electrons. The van der Waals surface area contributed by atoms with Crippen LogP contribution in [-0.4, -0.2) is 11.4 Å². The van der Waals surface area contributed by atoms with Gasteiger partial charge in [0.05, 0.1) is 5.56 Å². The molecule has 0 radical (unpaired) electrons. The zero-order valence-corrected chi connectivity index (χ0v) is 10.0. The quantitative estimate of drug-likeness (QED) is 0.650. The molecule has 2 rings (SSSR count). The highest BCUT2D eigenvalue weighted by Crippen LogP contribution is 2.34. The topological polar surface area (TPSA) is 26.3 Å². The molecule has 0 N–H and O–H groups in total. The molecule has 1 heterocycles. The number of rotatable bonds is 0. The first-order chi connectivity index (χ1) is 7.00. The van der Waals surface area contributed by atoms with Gasteiger partial charge in [-0.05, 0) is 32.9 Å². The molecule has 0 atom stereocenters. The maximum atomic E-state index is 11.7.